The van der Waals surface area contributed by atoms with E-state index in [0.717, 1.165) is 12.0 Å². The van der Waals surface area contributed by atoms with Crippen molar-refractivity contribution in [1.82, 2.24) is 0 Å². The lowest BCUT2D eigenvalue weighted by Crippen LogP contribution is -2.22. The van der Waals surface area contributed by atoms with Crippen molar-refractivity contribution in [3.8, 4) is 0 Å². The van der Waals surface area contributed by atoms with Gasteiger partial charge >= 0.3 is 5.97 Å². The van der Waals surface area contributed by atoms with Crippen molar-refractivity contribution in [2.45, 2.75) is 47.1 Å². The lowest BCUT2D eigenvalue weighted by molar-refractivity contribution is -0.148. The minimum atomic E-state index is -0.256. The van der Waals surface area contributed by atoms with Gasteiger partial charge in [-0.2, -0.15) is 0 Å². The normalized spacial score (nSPS) is 15.7. The van der Waals surface area contributed by atoms with Crippen LogP contribution in [0.4, 0.5) is 0 Å². The van der Waals surface area contributed by atoms with Crippen LogP contribution < -0.4 is 0 Å². The van der Waals surface area contributed by atoms with Crippen molar-refractivity contribution in [2.24, 2.45) is 5.92 Å². The first-order valence-electron chi connectivity index (χ1n) is 5.91. The molecule has 0 rings (SSSR count). The lowest BCUT2D eigenvalue weighted by atomic mass is 9.99. The number of hydrogen-bond acceptors (Lipinski definition) is 3. The topological polar surface area (TPSA) is 43.4 Å². The summed E-state index contributed by atoms with van der Waals surface area (Å²) in [4.78, 5) is 21.7. The first kappa shape index (κ1) is 15.6. The van der Waals surface area contributed by atoms with Crippen molar-refractivity contribution >= 4 is 11.8 Å². The van der Waals surface area contributed by atoms with Crippen LogP contribution in [-0.2, 0) is 14.3 Å². The summed E-state index contributed by atoms with van der Waals surface area (Å²) in [5, 5.41) is 0. The molecule has 0 fully saturated rings. The lowest BCUT2D eigenvalue weighted by Gasteiger charge is -2.20. The van der Waals surface area contributed by atoms with Crippen LogP contribution in [0.1, 0.15) is 41.0 Å². The fraction of sp³-hybridized carbons (Fsp3) is 0.571. The zero-order valence-corrected chi connectivity index (χ0v) is 11.3. The molecule has 0 aromatic heterocycles. The summed E-state index contributed by atoms with van der Waals surface area (Å²) < 4.78 is 5.21. The second-order valence-electron chi connectivity index (χ2n) is 4.27. The van der Waals surface area contributed by atoms with E-state index in [0.29, 0.717) is 0 Å². The number of rotatable bonds is 6. The van der Waals surface area contributed by atoms with E-state index in [2.05, 4.69) is 0 Å². The Kier molecular flexibility index (Phi) is 7.19. The molecule has 0 aromatic rings. The van der Waals surface area contributed by atoms with Crippen LogP contribution in [-0.4, -0.2) is 17.9 Å². The third-order valence-electron chi connectivity index (χ3n) is 2.41. The predicted molar refractivity (Wildman–Crippen MR) is 68.6 cm³/mol. The molecule has 0 radical (unpaired) electrons. The van der Waals surface area contributed by atoms with Gasteiger partial charge in [-0.15, -0.1) is 0 Å². The summed E-state index contributed by atoms with van der Waals surface area (Å²) in [6.45, 7) is 8.85. The summed E-state index contributed by atoms with van der Waals surface area (Å²) >= 11 is 0. The minimum Gasteiger partial charge on any atom is -0.462 e. The second-order valence-corrected chi connectivity index (χ2v) is 4.27. The summed E-state index contributed by atoms with van der Waals surface area (Å²) in [7, 11) is 0. The smallest absolute Gasteiger partial charge is 0.302 e. The quantitative estimate of drug-likeness (QED) is 0.406. The molecule has 0 unspecified atom stereocenters. The molecule has 0 amide bonds. The van der Waals surface area contributed by atoms with Gasteiger partial charge in [0.15, 0.2) is 5.78 Å². The van der Waals surface area contributed by atoms with Crippen molar-refractivity contribution in [1.29, 1.82) is 0 Å². The van der Waals surface area contributed by atoms with Crippen LogP contribution in [0.15, 0.2) is 23.8 Å². The maximum absolute atomic E-state index is 10.9. The molecule has 0 aliphatic rings. The molecule has 0 spiro atoms. The Morgan fingerprint density at radius 2 is 1.76 bits per heavy atom. The summed E-state index contributed by atoms with van der Waals surface area (Å²) in [6.07, 6.45) is 6.00. The standard InChI is InChI=1S/C14H22O3/c1-6-14(17-13(5)16)11(3)9-10(2)7-8-12(4)15/h7-9,11,14H,6H2,1-5H3/b8-7+,10-9+/t11-,14+/m0/s1. The van der Waals surface area contributed by atoms with Crippen LogP contribution in [0.3, 0.4) is 0 Å². The third-order valence-corrected chi connectivity index (χ3v) is 2.41. The van der Waals surface area contributed by atoms with E-state index in [9.17, 15) is 9.59 Å². The monoisotopic (exact) mass is 238 g/mol. The van der Waals surface area contributed by atoms with Crippen LogP contribution in [0.25, 0.3) is 0 Å². The van der Waals surface area contributed by atoms with E-state index in [1.54, 1.807) is 6.08 Å². The Balaban J connectivity index is 4.56. The Labute approximate surface area is 104 Å². The van der Waals surface area contributed by atoms with Crippen LogP contribution in [0.5, 0.6) is 0 Å². The van der Waals surface area contributed by atoms with Crippen molar-refractivity contribution in [2.75, 3.05) is 0 Å². The highest BCUT2D eigenvalue weighted by molar-refractivity contribution is 5.87. The number of carbonyl (C=O) groups is 2. The first-order chi connectivity index (χ1) is 7.86. The molecule has 0 saturated heterocycles. The molecule has 0 aliphatic carbocycles. The summed E-state index contributed by atoms with van der Waals surface area (Å²) in [5.41, 5.74) is 0.998. The highest BCUT2D eigenvalue weighted by Gasteiger charge is 2.15. The van der Waals surface area contributed by atoms with E-state index in [1.165, 1.54) is 19.9 Å². The van der Waals surface area contributed by atoms with Gasteiger partial charge in [0.2, 0.25) is 0 Å². The molecule has 0 saturated carbocycles. The molecule has 0 N–H and O–H groups in total. The zero-order valence-electron chi connectivity index (χ0n) is 11.3. The maximum atomic E-state index is 10.9. The molecular weight excluding hydrogens is 216 g/mol. The van der Waals surface area contributed by atoms with Gasteiger partial charge in [-0.05, 0) is 26.3 Å². The van der Waals surface area contributed by atoms with Crippen LogP contribution in [0.2, 0.25) is 0 Å². The Hall–Kier alpha value is -1.38. The van der Waals surface area contributed by atoms with Gasteiger partial charge in [0.25, 0.3) is 0 Å². The Morgan fingerprint density at radius 3 is 2.18 bits per heavy atom. The summed E-state index contributed by atoms with van der Waals surface area (Å²) in [6, 6.07) is 0. The number of ketones is 1. The number of carbonyl (C=O) groups excluding carboxylic acids is 2. The van der Waals surface area contributed by atoms with E-state index >= 15 is 0 Å². The summed E-state index contributed by atoms with van der Waals surface area (Å²) in [5.74, 6) is -0.0908. The third kappa shape index (κ3) is 7.50. The number of allylic oxidation sites excluding steroid dienone is 3. The minimum absolute atomic E-state index is 0.0254. The molecule has 3 heteroatoms. The highest BCUT2D eigenvalue weighted by Crippen LogP contribution is 2.15. The Morgan fingerprint density at radius 1 is 1.18 bits per heavy atom. The van der Waals surface area contributed by atoms with Crippen LogP contribution in [0, 0.1) is 5.92 Å². The number of ether oxygens (including phenoxy) is 1. The van der Waals surface area contributed by atoms with Crippen molar-refractivity contribution < 1.29 is 14.3 Å². The molecule has 17 heavy (non-hydrogen) atoms. The molecular formula is C14H22O3. The average Bonchev–Trinajstić information content (AvgIpc) is 2.22. The highest BCUT2D eigenvalue weighted by atomic mass is 16.5. The molecule has 0 aliphatic heterocycles. The fourth-order valence-corrected chi connectivity index (χ4v) is 1.60. The van der Waals surface area contributed by atoms with E-state index in [1.807, 2.05) is 26.8 Å². The molecule has 0 aromatic carbocycles. The maximum Gasteiger partial charge on any atom is 0.302 e. The van der Waals surface area contributed by atoms with E-state index in [-0.39, 0.29) is 23.8 Å². The number of hydrogen-bond donors (Lipinski definition) is 0. The van der Waals surface area contributed by atoms with E-state index in [4.69, 9.17) is 4.74 Å². The van der Waals surface area contributed by atoms with Gasteiger partial charge < -0.3 is 4.74 Å². The Bertz CT molecular complexity index is 326. The van der Waals surface area contributed by atoms with Gasteiger partial charge in [0, 0.05) is 12.8 Å². The van der Waals surface area contributed by atoms with Gasteiger partial charge in [0.05, 0.1) is 0 Å². The SMILES string of the molecule is CC[C@@H](OC(C)=O)[C@@H](C)/C=C(C)/C=C/C(C)=O. The first-order valence-corrected chi connectivity index (χ1v) is 5.91. The van der Waals surface area contributed by atoms with Crippen molar-refractivity contribution in [3.05, 3.63) is 23.8 Å². The fourth-order valence-electron chi connectivity index (χ4n) is 1.60. The molecule has 0 heterocycles. The van der Waals surface area contributed by atoms with E-state index < -0.39 is 0 Å². The van der Waals surface area contributed by atoms with Gasteiger partial charge in [-0.3, -0.25) is 9.59 Å². The molecule has 2 atom stereocenters. The van der Waals surface area contributed by atoms with Gasteiger partial charge in [-0.25, -0.2) is 0 Å². The van der Waals surface area contributed by atoms with Crippen molar-refractivity contribution in [3.63, 3.8) is 0 Å². The molecule has 3 nitrogen and oxygen atoms in total. The predicted octanol–water partition coefficient (Wildman–Crippen LogP) is 3.06. The molecule has 96 valence electrons. The van der Waals surface area contributed by atoms with Gasteiger partial charge in [0.1, 0.15) is 6.10 Å². The zero-order chi connectivity index (χ0) is 13.4. The second kappa shape index (κ2) is 7.82. The van der Waals surface area contributed by atoms with Crippen LogP contribution >= 0.6 is 0 Å². The number of esters is 1. The molecule has 0 bridgehead atoms. The van der Waals surface area contributed by atoms with Gasteiger partial charge in [-0.1, -0.05) is 31.6 Å². The average molecular weight is 238 g/mol. The largest absolute Gasteiger partial charge is 0.462 e.